The molecular weight excluding hydrogens is 262 g/mol. The van der Waals surface area contributed by atoms with Gasteiger partial charge in [0.15, 0.2) is 0 Å². The molecule has 1 aromatic heterocycles. The van der Waals surface area contributed by atoms with Gasteiger partial charge in [0.05, 0.1) is 0 Å². The van der Waals surface area contributed by atoms with Crippen molar-refractivity contribution in [2.45, 2.75) is 64.5 Å². The summed E-state index contributed by atoms with van der Waals surface area (Å²) in [7, 11) is 0. The van der Waals surface area contributed by atoms with Gasteiger partial charge in [0.25, 0.3) is 0 Å². The monoisotopic (exact) mass is 289 g/mol. The Bertz CT molecular complexity index is 528. The molecule has 116 valence electrons. The molecule has 3 rings (SSSR count). The Kier molecular flexibility index (Phi) is 4.07. The van der Waals surface area contributed by atoms with E-state index in [1.165, 1.54) is 23.4 Å². The van der Waals surface area contributed by atoms with Crippen molar-refractivity contribution in [1.29, 1.82) is 0 Å². The molecule has 2 atom stereocenters. The van der Waals surface area contributed by atoms with Gasteiger partial charge in [-0.1, -0.05) is 0 Å². The van der Waals surface area contributed by atoms with Gasteiger partial charge in [-0.05, 0) is 64.0 Å². The average Bonchev–Trinajstić information content (AvgIpc) is 2.84. The van der Waals surface area contributed by atoms with Crippen molar-refractivity contribution in [1.82, 2.24) is 9.47 Å². The molecule has 2 unspecified atom stereocenters. The maximum atomic E-state index is 12.8. The normalized spacial score (nSPS) is 23.8. The van der Waals surface area contributed by atoms with Crippen LogP contribution in [-0.4, -0.2) is 28.5 Å². The van der Waals surface area contributed by atoms with Crippen molar-refractivity contribution >= 4 is 5.91 Å². The van der Waals surface area contributed by atoms with E-state index in [1.807, 2.05) is 11.8 Å². The van der Waals surface area contributed by atoms with Crippen molar-refractivity contribution in [3.05, 3.63) is 23.0 Å². The van der Waals surface area contributed by atoms with Crippen molar-refractivity contribution in [3.63, 3.8) is 0 Å². The first-order valence-electron chi connectivity index (χ1n) is 8.34. The molecule has 2 aliphatic rings. The SMILES string of the molecule is Cc1cc2c(n1C(C)C(=O)N1CCCCC1)CCCC2N. The summed E-state index contributed by atoms with van der Waals surface area (Å²) >= 11 is 0. The highest BCUT2D eigenvalue weighted by Crippen LogP contribution is 2.33. The molecule has 1 saturated heterocycles. The Morgan fingerprint density at radius 1 is 1.29 bits per heavy atom. The van der Waals surface area contributed by atoms with Gasteiger partial charge in [0.2, 0.25) is 5.91 Å². The predicted octanol–water partition coefficient (Wildman–Crippen LogP) is 2.71. The number of nitrogens with zero attached hydrogens (tertiary/aromatic N) is 2. The van der Waals surface area contributed by atoms with E-state index in [2.05, 4.69) is 17.6 Å². The zero-order valence-corrected chi connectivity index (χ0v) is 13.3. The smallest absolute Gasteiger partial charge is 0.245 e. The molecule has 1 fully saturated rings. The summed E-state index contributed by atoms with van der Waals surface area (Å²) in [4.78, 5) is 14.8. The number of nitrogens with two attached hydrogens (primary N) is 1. The number of carbonyl (C=O) groups is 1. The highest BCUT2D eigenvalue weighted by molar-refractivity contribution is 5.80. The van der Waals surface area contributed by atoms with Crippen molar-refractivity contribution < 1.29 is 4.79 Å². The van der Waals surface area contributed by atoms with E-state index in [0.29, 0.717) is 0 Å². The van der Waals surface area contributed by atoms with Gasteiger partial charge in [0.1, 0.15) is 6.04 Å². The van der Waals surface area contributed by atoms with Crippen LogP contribution in [0.25, 0.3) is 0 Å². The summed E-state index contributed by atoms with van der Waals surface area (Å²) in [5, 5.41) is 0. The summed E-state index contributed by atoms with van der Waals surface area (Å²) in [6.45, 7) is 5.99. The third-order valence-electron chi connectivity index (χ3n) is 5.11. The Labute approximate surface area is 127 Å². The minimum atomic E-state index is -0.0999. The van der Waals surface area contributed by atoms with Gasteiger partial charge in [-0.25, -0.2) is 0 Å². The Balaban J connectivity index is 1.87. The molecule has 0 bridgehead atoms. The van der Waals surface area contributed by atoms with Crippen LogP contribution in [0.2, 0.25) is 0 Å². The second kappa shape index (κ2) is 5.84. The molecule has 0 saturated carbocycles. The quantitative estimate of drug-likeness (QED) is 0.910. The van der Waals surface area contributed by atoms with Gasteiger partial charge in [-0.3, -0.25) is 4.79 Å². The third-order valence-corrected chi connectivity index (χ3v) is 5.11. The summed E-state index contributed by atoms with van der Waals surface area (Å²) < 4.78 is 2.24. The van der Waals surface area contributed by atoms with Gasteiger partial charge >= 0.3 is 0 Å². The van der Waals surface area contributed by atoms with Crippen LogP contribution in [0, 0.1) is 6.92 Å². The van der Waals surface area contributed by atoms with Crippen LogP contribution < -0.4 is 5.73 Å². The van der Waals surface area contributed by atoms with E-state index in [9.17, 15) is 4.79 Å². The lowest BCUT2D eigenvalue weighted by molar-refractivity contribution is -0.135. The van der Waals surface area contributed by atoms with Gasteiger partial charge < -0.3 is 15.2 Å². The number of rotatable bonds is 2. The Morgan fingerprint density at radius 2 is 2.00 bits per heavy atom. The molecule has 2 N–H and O–H groups in total. The molecule has 21 heavy (non-hydrogen) atoms. The molecule has 0 spiro atoms. The van der Waals surface area contributed by atoms with E-state index in [4.69, 9.17) is 5.73 Å². The molecule has 1 amide bonds. The zero-order chi connectivity index (χ0) is 15.0. The third kappa shape index (κ3) is 2.61. The molecule has 4 nitrogen and oxygen atoms in total. The highest BCUT2D eigenvalue weighted by atomic mass is 16.2. The number of amides is 1. The molecule has 0 radical (unpaired) electrons. The topological polar surface area (TPSA) is 51.3 Å². The summed E-state index contributed by atoms with van der Waals surface area (Å²) in [6, 6.07) is 2.24. The lowest BCUT2D eigenvalue weighted by Crippen LogP contribution is -2.40. The second-order valence-electron chi connectivity index (χ2n) is 6.62. The minimum Gasteiger partial charge on any atom is -0.341 e. The van der Waals surface area contributed by atoms with Crippen LogP contribution in [0.4, 0.5) is 0 Å². The van der Waals surface area contributed by atoms with Crippen LogP contribution in [0.1, 0.15) is 68.1 Å². The van der Waals surface area contributed by atoms with Crippen molar-refractivity contribution in [3.8, 4) is 0 Å². The van der Waals surface area contributed by atoms with E-state index >= 15 is 0 Å². The number of hydrogen-bond acceptors (Lipinski definition) is 2. The minimum absolute atomic E-state index is 0.0999. The maximum absolute atomic E-state index is 12.8. The molecule has 1 aromatic rings. The fourth-order valence-corrected chi connectivity index (χ4v) is 3.99. The fraction of sp³-hybridized carbons (Fsp3) is 0.706. The second-order valence-corrected chi connectivity index (χ2v) is 6.62. The van der Waals surface area contributed by atoms with Crippen LogP contribution in [0.3, 0.4) is 0 Å². The van der Waals surface area contributed by atoms with Gasteiger partial charge in [0, 0.05) is 30.5 Å². The summed E-state index contributed by atoms with van der Waals surface area (Å²) in [6.07, 6.45) is 6.78. The first-order chi connectivity index (χ1) is 10.1. The molecule has 1 aliphatic carbocycles. The average molecular weight is 289 g/mol. The number of carbonyl (C=O) groups excluding carboxylic acids is 1. The van der Waals surface area contributed by atoms with E-state index < -0.39 is 0 Å². The van der Waals surface area contributed by atoms with Crippen molar-refractivity contribution in [2.75, 3.05) is 13.1 Å². The first kappa shape index (κ1) is 14.6. The number of aromatic nitrogens is 1. The summed E-state index contributed by atoms with van der Waals surface area (Å²) in [5.74, 6) is 0.273. The van der Waals surface area contributed by atoms with Gasteiger partial charge in [-0.2, -0.15) is 0 Å². The summed E-state index contributed by atoms with van der Waals surface area (Å²) in [5.41, 5.74) is 9.97. The lowest BCUT2D eigenvalue weighted by atomic mass is 9.93. The van der Waals surface area contributed by atoms with Crippen LogP contribution in [-0.2, 0) is 11.2 Å². The van der Waals surface area contributed by atoms with E-state index in [0.717, 1.165) is 45.2 Å². The Hall–Kier alpha value is -1.29. The van der Waals surface area contributed by atoms with E-state index in [1.54, 1.807) is 0 Å². The molecule has 1 aliphatic heterocycles. The molecule has 0 aromatic carbocycles. The lowest BCUT2D eigenvalue weighted by Gasteiger charge is -2.31. The number of hydrogen-bond donors (Lipinski definition) is 1. The van der Waals surface area contributed by atoms with Crippen LogP contribution in [0.5, 0.6) is 0 Å². The molecule has 2 heterocycles. The zero-order valence-electron chi connectivity index (χ0n) is 13.3. The predicted molar refractivity (Wildman–Crippen MR) is 84.2 cm³/mol. The first-order valence-corrected chi connectivity index (χ1v) is 8.34. The maximum Gasteiger partial charge on any atom is 0.245 e. The fourth-order valence-electron chi connectivity index (χ4n) is 3.99. The number of likely N-dealkylation sites (tertiary alicyclic amines) is 1. The Morgan fingerprint density at radius 3 is 2.71 bits per heavy atom. The van der Waals surface area contributed by atoms with Crippen LogP contribution in [0.15, 0.2) is 6.07 Å². The van der Waals surface area contributed by atoms with E-state index in [-0.39, 0.29) is 18.0 Å². The van der Waals surface area contributed by atoms with Gasteiger partial charge in [-0.15, -0.1) is 0 Å². The number of piperidine rings is 1. The molecular formula is C17H27N3O. The molecule has 4 heteroatoms. The number of fused-ring (bicyclic) bond motifs is 1. The van der Waals surface area contributed by atoms with Crippen molar-refractivity contribution in [2.24, 2.45) is 5.73 Å². The number of aryl methyl sites for hydroxylation is 1. The standard InChI is InChI=1S/C17H27N3O/c1-12-11-14-15(18)7-6-8-16(14)20(12)13(2)17(21)19-9-4-3-5-10-19/h11,13,15H,3-10,18H2,1-2H3. The largest absolute Gasteiger partial charge is 0.341 e. The van der Waals surface area contributed by atoms with Crippen LogP contribution >= 0.6 is 0 Å². The highest BCUT2D eigenvalue weighted by Gasteiger charge is 2.29.